The summed E-state index contributed by atoms with van der Waals surface area (Å²) in [5, 5.41) is 13.7. The lowest BCUT2D eigenvalue weighted by atomic mass is 10.1. The van der Waals surface area contributed by atoms with Crippen molar-refractivity contribution in [2.24, 2.45) is 0 Å². The van der Waals surface area contributed by atoms with Crippen LogP contribution >= 0.6 is 11.8 Å². The number of thioether (sulfide) groups is 1. The third kappa shape index (κ3) is 5.18. The van der Waals surface area contributed by atoms with Gasteiger partial charge in [-0.05, 0) is 19.1 Å². The van der Waals surface area contributed by atoms with Crippen LogP contribution in [-0.2, 0) is 0 Å². The third-order valence-electron chi connectivity index (χ3n) is 3.79. The molecule has 0 bridgehead atoms. The maximum Gasteiger partial charge on any atom is 0.124 e. The molecule has 0 aromatic heterocycles. The summed E-state index contributed by atoms with van der Waals surface area (Å²) in [7, 11) is 1.64. The standard InChI is InChI=1S/C16H26N2O2S/c1-13-3-4-16(20-2)14(11-13)15(19)12-17-5-6-18-7-9-21-10-8-18/h3-4,11,15,17,19H,5-10,12H2,1-2H3. The second-order valence-corrected chi connectivity index (χ2v) is 6.64. The summed E-state index contributed by atoms with van der Waals surface area (Å²) in [6.07, 6.45) is -0.531. The zero-order valence-electron chi connectivity index (χ0n) is 13.0. The highest BCUT2D eigenvalue weighted by Gasteiger charge is 2.14. The number of aryl methyl sites for hydroxylation is 1. The van der Waals surface area contributed by atoms with Gasteiger partial charge in [-0.25, -0.2) is 0 Å². The molecule has 1 aromatic carbocycles. The quantitative estimate of drug-likeness (QED) is 0.750. The van der Waals surface area contributed by atoms with Gasteiger partial charge in [0.2, 0.25) is 0 Å². The normalized spacial score (nSPS) is 17.7. The van der Waals surface area contributed by atoms with Crippen molar-refractivity contribution in [3.8, 4) is 5.75 Å². The van der Waals surface area contributed by atoms with Crippen LogP contribution in [-0.4, -0.2) is 61.3 Å². The van der Waals surface area contributed by atoms with Gasteiger partial charge in [0.05, 0.1) is 13.2 Å². The first-order valence-electron chi connectivity index (χ1n) is 7.54. The van der Waals surface area contributed by atoms with E-state index in [0.29, 0.717) is 6.54 Å². The monoisotopic (exact) mass is 310 g/mol. The summed E-state index contributed by atoms with van der Waals surface area (Å²) in [6.45, 7) is 6.91. The number of rotatable bonds is 7. The number of aliphatic hydroxyl groups excluding tert-OH is 1. The van der Waals surface area contributed by atoms with Gasteiger partial charge in [0.1, 0.15) is 5.75 Å². The Labute approximate surface area is 131 Å². The Hall–Kier alpha value is -0.750. The second kappa shape index (κ2) is 8.63. The van der Waals surface area contributed by atoms with Crippen molar-refractivity contribution in [3.63, 3.8) is 0 Å². The summed E-state index contributed by atoms with van der Waals surface area (Å²) in [4.78, 5) is 2.48. The maximum atomic E-state index is 10.3. The van der Waals surface area contributed by atoms with E-state index >= 15 is 0 Å². The van der Waals surface area contributed by atoms with E-state index in [1.54, 1.807) is 7.11 Å². The Bertz CT molecular complexity index is 436. The average molecular weight is 310 g/mol. The van der Waals surface area contributed by atoms with Gasteiger partial charge < -0.3 is 20.1 Å². The molecule has 2 rings (SSSR count). The molecule has 1 saturated heterocycles. The number of hydrogen-bond acceptors (Lipinski definition) is 5. The maximum absolute atomic E-state index is 10.3. The fraction of sp³-hybridized carbons (Fsp3) is 0.625. The van der Waals surface area contributed by atoms with Crippen molar-refractivity contribution in [3.05, 3.63) is 29.3 Å². The fourth-order valence-electron chi connectivity index (χ4n) is 2.52. The average Bonchev–Trinajstić information content (AvgIpc) is 2.52. The third-order valence-corrected chi connectivity index (χ3v) is 4.73. The first kappa shape index (κ1) is 16.6. The lowest BCUT2D eigenvalue weighted by molar-refractivity contribution is 0.168. The number of nitrogens with one attached hydrogen (secondary N) is 1. The minimum atomic E-state index is -0.531. The lowest BCUT2D eigenvalue weighted by Gasteiger charge is -2.26. The van der Waals surface area contributed by atoms with Crippen LogP contribution in [0.5, 0.6) is 5.75 Å². The Morgan fingerprint density at radius 2 is 2.14 bits per heavy atom. The van der Waals surface area contributed by atoms with Crippen LogP contribution in [0.1, 0.15) is 17.2 Å². The summed E-state index contributed by atoms with van der Waals surface area (Å²) in [6, 6.07) is 5.91. The van der Waals surface area contributed by atoms with Crippen molar-refractivity contribution in [1.29, 1.82) is 0 Å². The van der Waals surface area contributed by atoms with E-state index in [1.165, 1.54) is 24.6 Å². The van der Waals surface area contributed by atoms with Crippen molar-refractivity contribution in [1.82, 2.24) is 10.2 Å². The molecule has 2 N–H and O–H groups in total. The van der Waals surface area contributed by atoms with E-state index in [2.05, 4.69) is 10.2 Å². The largest absolute Gasteiger partial charge is 0.496 e. The summed E-state index contributed by atoms with van der Waals surface area (Å²) >= 11 is 2.03. The van der Waals surface area contributed by atoms with Crippen LogP contribution in [0, 0.1) is 6.92 Å². The topological polar surface area (TPSA) is 44.7 Å². The molecule has 1 aromatic rings. The SMILES string of the molecule is COc1ccc(C)cc1C(O)CNCCN1CCSCC1. The predicted molar refractivity (Wildman–Crippen MR) is 89.3 cm³/mol. The van der Waals surface area contributed by atoms with Crippen LogP contribution in [0.15, 0.2) is 18.2 Å². The van der Waals surface area contributed by atoms with Crippen LogP contribution in [0.25, 0.3) is 0 Å². The molecule has 0 saturated carbocycles. The first-order valence-corrected chi connectivity index (χ1v) is 8.69. The summed E-state index contributed by atoms with van der Waals surface area (Å²) in [5.41, 5.74) is 2.00. The second-order valence-electron chi connectivity index (χ2n) is 5.42. The van der Waals surface area contributed by atoms with Crippen molar-refractivity contribution in [2.75, 3.05) is 51.3 Å². The van der Waals surface area contributed by atoms with E-state index in [4.69, 9.17) is 4.74 Å². The van der Waals surface area contributed by atoms with Gasteiger partial charge in [-0.2, -0.15) is 11.8 Å². The van der Waals surface area contributed by atoms with Gasteiger partial charge in [-0.1, -0.05) is 11.6 Å². The Kier molecular flexibility index (Phi) is 6.83. The molecule has 21 heavy (non-hydrogen) atoms. The summed E-state index contributed by atoms with van der Waals surface area (Å²) in [5.74, 6) is 3.23. The molecule has 0 amide bonds. The number of nitrogens with zero attached hydrogens (tertiary/aromatic N) is 1. The molecule has 1 fully saturated rings. The molecule has 4 nitrogen and oxygen atoms in total. The van der Waals surface area contributed by atoms with E-state index in [-0.39, 0.29) is 0 Å². The van der Waals surface area contributed by atoms with E-state index < -0.39 is 6.10 Å². The van der Waals surface area contributed by atoms with E-state index in [9.17, 15) is 5.11 Å². The molecule has 118 valence electrons. The summed E-state index contributed by atoms with van der Waals surface area (Å²) < 4.78 is 5.32. The highest BCUT2D eigenvalue weighted by Crippen LogP contribution is 2.25. The number of hydrogen-bond donors (Lipinski definition) is 2. The van der Waals surface area contributed by atoms with Crippen molar-refractivity contribution in [2.45, 2.75) is 13.0 Å². The minimum Gasteiger partial charge on any atom is -0.496 e. The van der Waals surface area contributed by atoms with Crippen LogP contribution in [0.2, 0.25) is 0 Å². The molecule has 0 spiro atoms. The highest BCUT2D eigenvalue weighted by molar-refractivity contribution is 7.99. The predicted octanol–water partition coefficient (Wildman–Crippen LogP) is 1.68. The van der Waals surface area contributed by atoms with Crippen molar-refractivity contribution >= 4 is 11.8 Å². The Balaban J connectivity index is 1.76. The van der Waals surface area contributed by atoms with Crippen LogP contribution in [0.3, 0.4) is 0 Å². The zero-order valence-corrected chi connectivity index (χ0v) is 13.8. The number of ether oxygens (including phenoxy) is 1. The molecule has 0 aliphatic carbocycles. The van der Waals surface area contributed by atoms with Crippen LogP contribution in [0.4, 0.5) is 0 Å². The zero-order chi connectivity index (χ0) is 15.1. The fourth-order valence-corrected chi connectivity index (χ4v) is 3.50. The van der Waals surface area contributed by atoms with Crippen molar-refractivity contribution < 1.29 is 9.84 Å². The molecule has 5 heteroatoms. The molecule has 0 radical (unpaired) electrons. The molecular weight excluding hydrogens is 284 g/mol. The molecular formula is C16H26N2O2S. The number of methoxy groups -OCH3 is 1. The minimum absolute atomic E-state index is 0.531. The van der Waals surface area contributed by atoms with Gasteiger partial charge in [0.25, 0.3) is 0 Å². The van der Waals surface area contributed by atoms with Gasteiger partial charge in [-0.15, -0.1) is 0 Å². The highest BCUT2D eigenvalue weighted by atomic mass is 32.2. The van der Waals surface area contributed by atoms with Gasteiger partial charge >= 0.3 is 0 Å². The number of benzene rings is 1. The Morgan fingerprint density at radius 3 is 2.86 bits per heavy atom. The Morgan fingerprint density at radius 1 is 1.38 bits per heavy atom. The van der Waals surface area contributed by atoms with E-state index in [0.717, 1.165) is 30.0 Å². The molecule has 1 aliphatic rings. The lowest BCUT2D eigenvalue weighted by Crippen LogP contribution is -2.38. The van der Waals surface area contributed by atoms with E-state index in [1.807, 2.05) is 36.9 Å². The van der Waals surface area contributed by atoms with Gasteiger partial charge in [0.15, 0.2) is 0 Å². The number of aliphatic hydroxyl groups is 1. The smallest absolute Gasteiger partial charge is 0.124 e. The van der Waals surface area contributed by atoms with Crippen LogP contribution < -0.4 is 10.1 Å². The molecule has 1 unspecified atom stereocenters. The van der Waals surface area contributed by atoms with Gasteiger partial charge in [-0.3, -0.25) is 0 Å². The van der Waals surface area contributed by atoms with Gasteiger partial charge in [0, 0.05) is 49.8 Å². The molecule has 1 heterocycles. The first-order chi connectivity index (χ1) is 10.2. The molecule has 1 atom stereocenters. The molecule has 1 aliphatic heterocycles.